The van der Waals surface area contributed by atoms with Crippen LogP contribution >= 0.6 is 0 Å². The zero-order valence-electron chi connectivity index (χ0n) is 14.9. The molecule has 0 radical (unpaired) electrons. The molecule has 1 amide bonds. The fourth-order valence-electron chi connectivity index (χ4n) is 3.17. The van der Waals surface area contributed by atoms with E-state index in [9.17, 15) is 4.79 Å². The lowest BCUT2D eigenvalue weighted by Crippen LogP contribution is -2.14. The molecule has 2 aromatic heterocycles. The van der Waals surface area contributed by atoms with Crippen LogP contribution in [0.4, 0.5) is 5.69 Å². The molecule has 4 rings (SSSR count). The van der Waals surface area contributed by atoms with Gasteiger partial charge in [-0.1, -0.05) is 12.1 Å². The number of amides is 1. The predicted octanol–water partition coefficient (Wildman–Crippen LogP) is 3.63. The number of benzene rings is 2. The van der Waals surface area contributed by atoms with E-state index < -0.39 is 0 Å². The van der Waals surface area contributed by atoms with Crippen molar-refractivity contribution in [2.45, 2.75) is 13.8 Å². The summed E-state index contributed by atoms with van der Waals surface area (Å²) in [6, 6.07) is 15.7. The first kappa shape index (κ1) is 16.1. The first-order valence-corrected chi connectivity index (χ1v) is 8.38. The Morgan fingerprint density at radius 1 is 1.04 bits per heavy atom. The number of anilines is 1. The lowest BCUT2D eigenvalue weighted by molar-refractivity contribution is 0.102. The molecular weight excluding hydrogens is 326 g/mol. The molecule has 2 heterocycles. The van der Waals surface area contributed by atoms with Crippen molar-refractivity contribution in [2.75, 3.05) is 5.32 Å². The number of nitrogens with one attached hydrogen (secondary N) is 1. The summed E-state index contributed by atoms with van der Waals surface area (Å²) in [5.74, 6) is -0.145. The van der Waals surface area contributed by atoms with Gasteiger partial charge in [-0.25, -0.2) is 4.98 Å². The third kappa shape index (κ3) is 2.65. The average Bonchev–Trinajstić information content (AvgIpc) is 3.16. The summed E-state index contributed by atoms with van der Waals surface area (Å²) >= 11 is 0. The standard InChI is InChI=1S/C20H19N5O/c1-13-19(14(2)24(3)23-13)20(26)22-15-8-10-16(11-9-15)25-12-21-17-6-4-5-7-18(17)25/h4-12H,1-3H3,(H,22,26). The van der Waals surface area contributed by atoms with Crippen molar-refractivity contribution < 1.29 is 4.79 Å². The van der Waals surface area contributed by atoms with Gasteiger partial charge in [0.05, 0.1) is 22.3 Å². The Hall–Kier alpha value is -3.41. The number of rotatable bonds is 3. The van der Waals surface area contributed by atoms with Gasteiger partial charge in [0.15, 0.2) is 0 Å². The third-order valence-corrected chi connectivity index (χ3v) is 4.59. The van der Waals surface area contributed by atoms with E-state index >= 15 is 0 Å². The SMILES string of the molecule is Cc1nn(C)c(C)c1C(=O)Nc1ccc(-n2cnc3ccccc32)cc1. The Bertz CT molecular complexity index is 1110. The van der Waals surface area contributed by atoms with E-state index in [0.29, 0.717) is 5.56 Å². The van der Waals surface area contributed by atoms with E-state index in [1.807, 2.05) is 74.0 Å². The minimum atomic E-state index is -0.145. The largest absolute Gasteiger partial charge is 0.322 e. The molecule has 0 aliphatic rings. The Balaban J connectivity index is 1.59. The van der Waals surface area contributed by atoms with Crippen LogP contribution in [-0.2, 0) is 7.05 Å². The molecule has 0 bridgehead atoms. The van der Waals surface area contributed by atoms with Crippen LogP contribution in [0.2, 0.25) is 0 Å². The number of nitrogens with zero attached hydrogens (tertiary/aromatic N) is 4. The van der Waals surface area contributed by atoms with Crippen molar-refractivity contribution in [2.24, 2.45) is 7.05 Å². The molecule has 0 saturated heterocycles. The zero-order valence-corrected chi connectivity index (χ0v) is 14.9. The minimum absolute atomic E-state index is 0.145. The normalized spacial score (nSPS) is 11.0. The van der Waals surface area contributed by atoms with Gasteiger partial charge in [0.2, 0.25) is 0 Å². The molecule has 4 aromatic rings. The van der Waals surface area contributed by atoms with Gasteiger partial charge in [-0.2, -0.15) is 5.10 Å². The van der Waals surface area contributed by atoms with E-state index in [2.05, 4.69) is 15.4 Å². The maximum Gasteiger partial charge on any atom is 0.259 e. The molecule has 0 fully saturated rings. The van der Waals surface area contributed by atoms with Crippen molar-refractivity contribution in [3.63, 3.8) is 0 Å². The number of imidazole rings is 1. The lowest BCUT2D eigenvalue weighted by Gasteiger charge is -2.08. The van der Waals surface area contributed by atoms with Gasteiger partial charge in [0.1, 0.15) is 6.33 Å². The number of hydrogen-bond acceptors (Lipinski definition) is 3. The summed E-state index contributed by atoms with van der Waals surface area (Å²) in [6.07, 6.45) is 1.81. The third-order valence-electron chi connectivity index (χ3n) is 4.59. The van der Waals surface area contributed by atoms with E-state index in [-0.39, 0.29) is 5.91 Å². The Morgan fingerprint density at radius 2 is 1.77 bits per heavy atom. The molecular formula is C20H19N5O. The molecule has 1 N–H and O–H groups in total. The molecule has 0 saturated carbocycles. The Labute approximate surface area is 151 Å². The number of carbonyl (C=O) groups is 1. The van der Waals surface area contributed by atoms with Crippen molar-refractivity contribution >= 4 is 22.6 Å². The van der Waals surface area contributed by atoms with Crippen LogP contribution in [0.5, 0.6) is 0 Å². The van der Waals surface area contributed by atoms with E-state index in [0.717, 1.165) is 33.8 Å². The van der Waals surface area contributed by atoms with E-state index in [1.54, 1.807) is 11.0 Å². The number of aromatic nitrogens is 4. The highest BCUT2D eigenvalue weighted by atomic mass is 16.1. The van der Waals surface area contributed by atoms with Gasteiger partial charge >= 0.3 is 0 Å². The summed E-state index contributed by atoms with van der Waals surface area (Å²) in [6.45, 7) is 3.73. The summed E-state index contributed by atoms with van der Waals surface area (Å²) in [5, 5.41) is 7.24. The minimum Gasteiger partial charge on any atom is -0.322 e. The van der Waals surface area contributed by atoms with Crippen LogP contribution in [0.25, 0.3) is 16.7 Å². The van der Waals surface area contributed by atoms with Crippen LogP contribution in [0.3, 0.4) is 0 Å². The second-order valence-corrected chi connectivity index (χ2v) is 6.27. The van der Waals surface area contributed by atoms with Crippen LogP contribution in [0.15, 0.2) is 54.9 Å². The van der Waals surface area contributed by atoms with Crippen molar-refractivity contribution in [1.82, 2.24) is 19.3 Å². The van der Waals surface area contributed by atoms with Crippen molar-refractivity contribution in [3.8, 4) is 5.69 Å². The fourth-order valence-corrected chi connectivity index (χ4v) is 3.17. The lowest BCUT2D eigenvalue weighted by atomic mass is 10.1. The molecule has 0 aliphatic carbocycles. The van der Waals surface area contributed by atoms with Crippen molar-refractivity contribution in [3.05, 3.63) is 71.8 Å². The first-order valence-electron chi connectivity index (χ1n) is 8.38. The van der Waals surface area contributed by atoms with E-state index in [1.165, 1.54) is 0 Å². The molecule has 6 heteroatoms. The van der Waals surface area contributed by atoms with Gasteiger partial charge in [-0.15, -0.1) is 0 Å². The smallest absolute Gasteiger partial charge is 0.259 e. The quantitative estimate of drug-likeness (QED) is 0.617. The highest BCUT2D eigenvalue weighted by molar-refractivity contribution is 6.05. The number of para-hydroxylation sites is 2. The molecule has 130 valence electrons. The van der Waals surface area contributed by atoms with Crippen LogP contribution in [-0.4, -0.2) is 25.2 Å². The zero-order chi connectivity index (χ0) is 18.3. The number of carbonyl (C=O) groups excluding carboxylic acids is 1. The molecule has 6 nitrogen and oxygen atoms in total. The summed E-state index contributed by atoms with van der Waals surface area (Å²) in [4.78, 5) is 17.0. The number of aryl methyl sites for hydroxylation is 2. The second-order valence-electron chi connectivity index (χ2n) is 6.27. The second kappa shape index (κ2) is 6.15. The number of hydrogen-bond donors (Lipinski definition) is 1. The van der Waals surface area contributed by atoms with Gasteiger partial charge in [-0.05, 0) is 50.2 Å². The van der Waals surface area contributed by atoms with Gasteiger partial charge in [-0.3, -0.25) is 14.0 Å². The maximum absolute atomic E-state index is 12.6. The maximum atomic E-state index is 12.6. The Kier molecular flexibility index (Phi) is 3.80. The highest BCUT2D eigenvalue weighted by Crippen LogP contribution is 2.20. The summed E-state index contributed by atoms with van der Waals surface area (Å²) < 4.78 is 3.74. The van der Waals surface area contributed by atoms with Crippen LogP contribution in [0.1, 0.15) is 21.7 Å². The monoisotopic (exact) mass is 345 g/mol. The van der Waals surface area contributed by atoms with Gasteiger partial charge in [0.25, 0.3) is 5.91 Å². The van der Waals surface area contributed by atoms with Gasteiger partial charge < -0.3 is 5.32 Å². The first-order chi connectivity index (χ1) is 12.5. The molecule has 0 unspecified atom stereocenters. The summed E-state index contributed by atoms with van der Waals surface area (Å²) in [7, 11) is 1.84. The predicted molar refractivity (Wildman–Crippen MR) is 102 cm³/mol. The molecule has 26 heavy (non-hydrogen) atoms. The van der Waals surface area contributed by atoms with Gasteiger partial charge in [0, 0.05) is 24.1 Å². The average molecular weight is 345 g/mol. The molecule has 0 aliphatic heterocycles. The molecule has 0 spiro atoms. The van der Waals surface area contributed by atoms with E-state index in [4.69, 9.17) is 0 Å². The summed E-state index contributed by atoms with van der Waals surface area (Å²) in [5.41, 5.74) is 5.93. The topological polar surface area (TPSA) is 64.7 Å². The highest BCUT2D eigenvalue weighted by Gasteiger charge is 2.17. The van der Waals surface area contributed by atoms with Crippen LogP contribution in [0, 0.1) is 13.8 Å². The molecule has 2 aromatic carbocycles. The van der Waals surface area contributed by atoms with Crippen LogP contribution < -0.4 is 5.32 Å². The van der Waals surface area contributed by atoms with Crippen molar-refractivity contribution in [1.29, 1.82) is 0 Å². The Morgan fingerprint density at radius 3 is 2.46 bits per heavy atom. The molecule has 0 atom stereocenters. The number of fused-ring (bicyclic) bond motifs is 1. The fraction of sp³-hybridized carbons (Fsp3) is 0.150.